The molecule has 0 aromatic carbocycles. The summed E-state index contributed by atoms with van der Waals surface area (Å²) in [7, 11) is 1.77. The first-order valence-corrected chi connectivity index (χ1v) is 1.85. The molecular formula is C4H8N2. The number of hydrogen-bond donors (Lipinski definition) is 1. The summed E-state index contributed by atoms with van der Waals surface area (Å²) in [4.78, 5) is 3.15. The van der Waals surface area contributed by atoms with Crippen LogP contribution in [-0.4, -0.2) is 13.2 Å². The number of nitrogens with one attached hydrogen (secondary N) is 1. The Balaban J connectivity index is 3.04. The number of hydrogen-bond acceptors (Lipinski definition) is 1. The highest BCUT2D eigenvalue weighted by molar-refractivity contribution is 4.66. The molecular weight excluding hydrogens is 76.1 g/mol. The Morgan fingerprint density at radius 3 is 2.33 bits per heavy atom. The van der Waals surface area contributed by atoms with Crippen LogP contribution in [0, 0.1) is 6.57 Å². The molecule has 0 aromatic heterocycles. The molecule has 0 spiro atoms. The highest BCUT2D eigenvalue weighted by Gasteiger charge is 1.91. The van der Waals surface area contributed by atoms with Crippen LogP contribution in [0.2, 0.25) is 0 Å². The molecule has 0 radical (unpaired) electrons. The fourth-order valence-corrected chi connectivity index (χ4v) is 0.0645. The lowest BCUT2D eigenvalue weighted by Gasteiger charge is -1.88. The quantitative estimate of drug-likeness (QED) is 0.457. The normalized spacial score (nSPS) is 12.8. The molecule has 0 aliphatic heterocycles. The van der Waals surface area contributed by atoms with Crippen LogP contribution in [0.15, 0.2) is 0 Å². The molecule has 0 aliphatic carbocycles. The molecule has 2 heteroatoms. The first-order chi connectivity index (χ1) is 2.81. The second-order valence-electron chi connectivity index (χ2n) is 1.09. The van der Waals surface area contributed by atoms with Gasteiger partial charge < -0.3 is 0 Å². The summed E-state index contributed by atoms with van der Waals surface area (Å²) in [5.74, 6) is 0. The van der Waals surface area contributed by atoms with Gasteiger partial charge in [-0.1, -0.05) is 0 Å². The summed E-state index contributed by atoms with van der Waals surface area (Å²) in [6.07, 6.45) is -0.0231. The molecule has 0 bridgehead atoms. The van der Waals surface area contributed by atoms with Gasteiger partial charge in [0, 0.05) is 6.92 Å². The Kier molecular flexibility index (Phi) is 2.43. The first-order valence-electron chi connectivity index (χ1n) is 1.85. The second kappa shape index (κ2) is 2.67. The fraction of sp³-hybridized carbons (Fsp3) is 0.750. The largest absolute Gasteiger partial charge is 0.297 e. The van der Waals surface area contributed by atoms with Crippen molar-refractivity contribution in [1.82, 2.24) is 5.32 Å². The zero-order chi connectivity index (χ0) is 4.99. The molecule has 0 fully saturated rings. The molecule has 34 valence electrons. The highest BCUT2D eigenvalue weighted by Crippen LogP contribution is 1.74. The van der Waals surface area contributed by atoms with Gasteiger partial charge in [0.1, 0.15) is 0 Å². The Morgan fingerprint density at radius 2 is 2.33 bits per heavy atom. The minimum absolute atomic E-state index is 0.0231. The Labute approximate surface area is 38.0 Å². The molecule has 0 rings (SSSR count). The van der Waals surface area contributed by atoms with Crippen molar-refractivity contribution in [3.05, 3.63) is 11.4 Å². The zero-order valence-corrected chi connectivity index (χ0v) is 4.02. The van der Waals surface area contributed by atoms with Gasteiger partial charge in [0.05, 0.1) is 0 Å². The lowest BCUT2D eigenvalue weighted by molar-refractivity contribution is 0.725. The highest BCUT2D eigenvalue weighted by atomic mass is 15.0. The average Bonchev–Trinajstić information content (AvgIpc) is 1.65. The van der Waals surface area contributed by atoms with Crippen molar-refractivity contribution in [3.63, 3.8) is 0 Å². The van der Waals surface area contributed by atoms with E-state index in [1.807, 2.05) is 6.92 Å². The van der Waals surface area contributed by atoms with E-state index < -0.39 is 0 Å². The average molecular weight is 84.1 g/mol. The standard InChI is InChI=1S/C4H8N2/c1-4(5-2)6-3/h4-5H,1-2H3. The lowest BCUT2D eigenvalue weighted by atomic mass is 10.6. The molecule has 0 saturated carbocycles. The third-order valence-corrected chi connectivity index (χ3v) is 0.611. The summed E-state index contributed by atoms with van der Waals surface area (Å²) in [6, 6.07) is 0. The predicted molar refractivity (Wildman–Crippen MR) is 25.1 cm³/mol. The van der Waals surface area contributed by atoms with Crippen molar-refractivity contribution in [2.45, 2.75) is 13.1 Å². The van der Waals surface area contributed by atoms with E-state index in [4.69, 9.17) is 6.57 Å². The van der Waals surface area contributed by atoms with Crippen molar-refractivity contribution in [3.8, 4) is 0 Å². The molecule has 0 amide bonds. The van der Waals surface area contributed by atoms with Gasteiger partial charge in [-0.15, -0.1) is 0 Å². The molecule has 2 nitrogen and oxygen atoms in total. The Bertz CT molecular complexity index is 62.4. The van der Waals surface area contributed by atoms with Gasteiger partial charge in [0.25, 0.3) is 6.17 Å². The van der Waals surface area contributed by atoms with Gasteiger partial charge in [-0.2, -0.15) is 0 Å². The van der Waals surface area contributed by atoms with Crippen molar-refractivity contribution in [2.24, 2.45) is 0 Å². The van der Waals surface area contributed by atoms with E-state index in [2.05, 4.69) is 10.2 Å². The minimum Gasteiger partial charge on any atom is -0.297 e. The van der Waals surface area contributed by atoms with E-state index in [1.54, 1.807) is 7.05 Å². The zero-order valence-electron chi connectivity index (χ0n) is 4.02. The van der Waals surface area contributed by atoms with E-state index in [0.717, 1.165) is 0 Å². The van der Waals surface area contributed by atoms with Crippen LogP contribution >= 0.6 is 0 Å². The number of nitrogens with zero attached hydrogens (tertiary/aromatic N) is 1. The van der Waals surface area contributed by atoms with E-state index >= 15 is 0 Å². The molecule has 0 aromatic rings. The summed E-state index contributed by atoms with van der Waals surface area (Å²) < 4.78 is 0. The third kappa shape index (κ3) is 1.74. The van der Waals surface area contributed by atoms with Crippen molar-refractivity contribution in [1.29, 1.82) is 0 Å². The van der Waals surface area contributed by atoms with E-state index in [1.165, 1.54) is 0 Å². The minimum atomic E-state index is -0.0231. The van der Waals surface area contributed by atoms with Gasteiger partial charge in [0.2, 0.25) is 0 Å². The number of rotatable bonds is 1. The fourth-order valence-electron chi connectivity index (χ4n) is 0.0645. The van der Waals surface area contributed by atoms with Crippen LogP contribution in [-0.2, 0) is 0 Å². The topological polar surface area (TPSA) is 16.4 Å². The lowest BCUT2D eigenvalue weighted by Crippen LogP contribution is -2.15. The van der Waals surface area contributed by atoms with E-state index in [-0.39, 0.29) is 6.17 Å². The summed E-state index contributed by atoms with van der Waals surface area (Å²) in [5.41, 5.74) is 0. The molecule has 1 N–H and O–H groups in total. The molecule has 0 heterocycles. The van der Waals surface area contributed by atoms with Gasteiger partial charge in [0.15, 0.2) is 0 Å². The van der Waals surface area contributed by atoms with Crippen LogP contribution in [0.25, 0.3) is 4.85 Å². The predicted octanol–water partition coefficient (Wildman–Crippen LogP) is 0.471. The summed E-state index contributed by atoms with van der Waals surface area (Å²) in [6.45, 7) is 8.18. The smallest absolute Gasteiger partial charge is 0.274 e. The van der Waals surface area contributed by atoms with Crippen LogP contribution < -0.4 is 5.32 Å². The Hall–Kier alpha value is -0.550. The van der Waals surface area contributed by atoms with E-state index in [9.17, 15) is 0 Å². The van der Waals surface area contributed by atoms with Crippen molar-refractivity contribution < 1.29 is 0 Å². The van der Waals surface area contributed by atoms with Crippen molar-refractivity contribution >= 4 is 0 Å². The second-order valence-corrected chi connectivity index (χ2v) is 1.09. The maximum Gasteiger partial charge on any atom is 0.274 e. The SMILES string of the molecule is [C-]#[N+]C(C)NC. The Morgan fingerprint density at radius 1 is 1.83 bits per heavy atom. The van der Waals surface area contributed by atoms with Crippen LogP contribution in [0.3, 0.4) is 0 Å². The molecule has 0 saturated heterocycles. The molecule has 0 aliphatic rings. The van der Waals surface area contributed by atoms with Crippen LogP contribution in [0.5, 0.6) is 0 Å². The summed E-state index contributed by atoms with van der Waals surface area (Å²) in [5, 5.41) is 2.76. The first kappa shape index (κ1) is 5.45. The monoisotopic (exact) mass is 84.1 g/mol. The molecule has 1 atom stereocenters. The summed E-state index contributed by atoms with van der Waals surface area (Å²) >= 11 is 0. The maximum absolute atomic E-state index is 6.37. The van der Waals surface area contributed by atoms with E-state index in [0.29, 0.717) is 0 Å². The third-order valence-electron chi connectivity index (χ3n) is 0.611. The molecule has 1 unspecified atom stereocenters. The van der Waals surface area contributed by atoms with Crippen LogP contribution in [0.1, 0.15) is 6.92 Å². The van der Waals surface area contributed by atoms with Crippen molar-refractivity contribution in [2.75, 3.05) is 7.05 Å². The van der Waals surface area contributed by atoms with Gasteiger partial charge in [-0.25, -0.2) is 6.57 Å². The van der Waals surface area contributed by atoms with Crippen LogP contribution in [0.4, 0.5) is 0 Å². The van der Waals surface area contributed by atoms with Gasteiger partial charge in [-0.05, 0) is 7.05 Å². The van der Waals surface area contributed by atoms with Gasteiger partial charge in [-0.3, -0.25) is 10.2 Å². The molecule has 6 heavy (non-hydrogen) atoms. The van der Waals surface area contributed by atoms with Gasteiger partial charge >= 0.3 is 0 Å². The maximum atomic E-state index is 6.37.